The first-order chi connectivity index (χ1) is 13.0. The molecule has 2 N–H and O–H groups in total. The molecule has 1 aliphatic carbocycles. The van der Waals surface area contributed by atoms with Gasteiger partial charge in [-0.05, 0) is 49.9 Å². The average Bonchev–Trinajstić information content (AvgIpc) is 3.47. The number of rotatable bonds is 8. The molecule has 1 aliphatic rings. The zero-order valence-corrected chi connectivity index (χ0v) is 16.6. The molecule has 0 saturated heterocycles. The molecule has 27 heavy (non-hydrogen) atoms. The van der Waals surface area contributed by atoms with Crippen molar-refractivity contribution in [3.05, 3.63) is 65.2 Å². The Morgan fingerprint density at radius 2 is 1.89 bits per heavy atom. The molecule has 1 atom stereocenters. The molecule has 2 amide bonds. The quantitative estimate of drug-likeness (QED) is 0.709. The summed E-state index contributed by atoms with van der Waals surface area (Å²) in [4.78, 5) is 24.0. The van der Waals surface area contributed by atoms with E-state index in [1.54, 1.807) is 11.8 Å². The molecule has 0 aromatic heterocycles. The fraction of sp³-hybridized carbons (Fsp3) is 0.364. The van der Waals surface area contributed by atoms with E-state index in [4.69, 9.17) is 0 Å². The normalized spacial score (nSPS) is 14.4. The molecular formula is C22H26N2O2S. The van der Waals surface area contributed by atoms with Crippen LogP contribution >= 0.6 is 11.8 Å². The van der Waals surface area contributed by atoms with Crippen molar-refractivity contribution in [3.63, 3.8) is 0 Å². The molecule has 0 bridgehead atoms. The highest BCUT2D eigenvalue weighted by Crippen LogP contribution is 2.30. The topological polar surface area (TPSA) is 58.2 Å². The van der Waals surface area contributed by atoms with Crippen LogP contribution in [0, 0.1) is 12.8 Å². The lowest BCUT2D eigenvalue weighted by Gasteiger charge is -2.15. The second-order valence-corrected chi connectivity index (χ2v) is 8.14. The monoisotopic (exact) mass is 382 g/mol. The van der Waals surface area contributed by atoms with Crippen LogP contribution < -0.4 is 10.6 Å². The molecule has 2 aromatic rings. The lowest BCUT2D eigenvalue weighted by Crippen LogP contribution is -2.28. The van der Waals surface area contributed by atoms with Crippen LogP contribution in [0.1, 0.15) is 42.5 Å². The number of nitrogens with one attached hydrogen (secondary N) is 2. The standard InChI is InChI=1S/C22H26N2O2S/c1-15-4-3-5-17(12-15)13-27-14-21(25)23-16(2)18-8-10-20(11-9-18)24-22(26)19-6-7-19/h3-5,8-12,16,19H,6-7,13-14H2,1-2H3,(H,23,25)(H,24,26). The van der Waals surface area contributed by atoms with Gasteiger partial charge in [0.15, 0.2) is 0 Å². The first-order valence-electron chi connectivity index (χ1n) is 9.35. The molecule has 0 spiro atoms. The summed E-state index contributed by atoms with van der Waals surface area (Å²) in [5.74, 6) is 1.60. The highest BCUT2D eigenvalue weighted by molar-refractivity contribution is 7.99. The van der Waals surface area contributed by atoms with Crippen molar-refractivity contribution in [1.82, 2.24) is 5.32 Å². The Morgan fingerprint density at radius 1 is 1.15 bits per heavy atom. The highest BCUT2D eigenvalue weighted by atomic mass is 32.2. The number of amides is 2. The SMILES string of the molecule is Cc1cccc(CSCC(=O)NC(C)c2ccc(NC(=O)C3CC3)cc2)c1. The van der Waals surface area contributed by atoms with E-state index in [2.05, 4.69) is 35.8 Å². The second-order valence-electron chi connectivity index (χ2n) is 7.16. The van der Waals surface area contributed by atoms with Crippen LogP contribution in [0.25, 0.3) is 0 Å². The van der Waals surface area contributed by atoms with Crippen molar-refractivity contribution >= 4 is 29.3 Å². The number of hydrogen-bond donors (Lipinski definition) is 2. The average molecular weight is 383 g/mol. The van der Waals surface area contributed by atoms with Gasteiger partial charge in [0.25, 0.3) is 0 Å². The van der Waals surface area contributed by atoms with Crippen LogP contribution in [-0.2, 0) is 15.3 Å². The van der Waals surface area contributed by atoms with Crippen LogP contribution in [0.5, 0.6) is 0 Å². The van der Waals surface area contributed by atoms with Gasteiger partial charge in [-0.25, -0.2) is 0 Å². The number of carbonyl (C=O) groups excluding carboxylic acids is 2. The molecule has 4 nitrogen and oxygen atoms in total. The van der Waals surface area contributed by atoms with Crippen LogP contribution in [0.4, 0.5) is 5.69 Å². The third kappa shape index (κ3) is 6.14. The van der Waals surface area contributed by atoms with E-state index in [9.17, 15) is 9.59 Å². The summed E-state index contributed by atoms with van der Waals surface area (Å²) >= 11 is 1.62. The molecule has 0 heterocycles. The fourth-order valence-corrected chi connectivity index (χ4v) is 3.66. The molecule has 0 radical (unpaired) electrons. The van der Waals surface area contributed by atoms with Crippen molar-refractivity contribution in [1.29, 1.82) is 0 Å². The Morgan fingerprint density at radius 3 is 2.56 bits per heavy atom. The van der Waals surface area contributed by atoms with Gasteiger partial charge in [0, 0.05) is 17.4 Å². The van der Waals surface area contributed by atoms with Crippen molar-refractivity contribution in [2.24, 2.45) is 5.92 Å². The maximum Gasteiger partial charge on any atom is 0.230 e. The van der Waals surface area contributed by atoms with Gasteiger partial charge in [-0.1, -0.05) is 42.0 Å². The van der Waals surface area contributed by atoms with E-state index in [0.717, 1.165) is 29.8 Å². The molecule has 3 rings (SSSR count). The van der Waals surface area contributed by atoms with Gasteiger partial charge >= 0.3 is 0 Å². The number of benzene rings is 2. The van der Waals surface area contributed by atoms with Gasteiger partial charge in [-0.15, -0.1) is 11.8 Å². The first kappa shape index (κ1) is 19.5. The maximum absolute atomic E-state index is 12.2. The van der Waals surface area contributed by atoms with Crippen LogP contribution in [-0.4, -0.2) is 17.6 Å². The van der Waals surface area contributed by atoms with E-state index in [1.807, 2.05) is 37.3 Å². The van der Waals surface area contributed by atoms with Crippen LogP contribution in [0.3, 0.4) is 0 Å². The van der Waals surface area contributed by atoms with E-state index >= 15 is 0 Å². The zero-order valence-electron chi connectivity index (χ0n) is 15.8. The Hall–Kier alpha value is -2.27. The van der Waals surface area contributed by atoms with Crippen molar-refractivity contribution in [2.75, 3.05) is 11.1 Å². The molecule has 1 saturated carbocycles. The number of anilines is 1. The minimum atomic E-state index is -0.0646. The lowest BCUT2D eigenvalue weighted by atomic mass is 10.1. The van der Waals surface area contributed by atoms with E-state index in [0.29, 0.717) is 5.75 Å². The van der Waals surface area contributed by atoms with Gasteiger partial charge in [0.05, 0.1) is 11.8 Å². The van der Waals surface area contributed by atoms with Crippen molar-refractivity contribution < 1.29 is 9.59 Å². The summed E-state index contributed by atoms with van der Waals surface area (Å²) in [6.07, 6.45) is 1.99. The Kier molecular flexibility index (Phi) is 6.56. The Balaban J connectivity index is 1.42. The van der Waals surface area contributed by atoms with Gasteiger partial charge in [-0.3, -0.25) is 9.59 Å². The van der Waals surface area contributed by atoms with Gasteiger partial charge in [0.1, 0.15) is 0 Å². The summed E-state index contributed by atoms with van der Waals surface area (Å²) in [6, 6.07) is 16.0. The van der Waals surface area contributed by atoms with Crippen LogP contribution in [0.2, 0.25) is 0 Å². The molecular weight excluding hydrogens is 356 g/mol. The van der Waals surface area contributed by atoms with Gasteiger partial charge in [-0.2, -0.15) is 0 Å². The molecule has 142 valence electrons. The zero-order chi connectivity index (χ0) is 19.2. The summed E-state index contributed by atoms with van der Waals surface area (Å²) in [5, 5.41) is 5.96. The van der Waals surface area contributed by atoms with E-state index in [-0.39, 0.29) is 23.8 Å². The number of aryl methyl sites for hydroxylation is 1. The minimum Gasteiger partial charge on any atom is -0.349 e. The predicted octanol–water partition coefficient (Wildman–Crippen LogP) is 4.45. The third-order valence-corrected chi connectivity index (χ3v) is 5.59. The van der Waals surface area contributed by atoms with E-state index < -0.39 is 0 Å². The Bertz CT molecular complexity index is 800. The number of thioether (sulfide) groups is 1. The fourth-order valence-electron chi connectivity index (χ4n) is 2.87. The smallest absolute Gasteiger partial charge is 0.230 e. The van der Waals surface area contributed by atoms with Gasteiger partial charge < -0.3 is 10.6 Å². The van der Waals surface area contributed by atoms with Crippen molar-refractivity contribution in [3.8, 4) is 0 Å². The third-order valence-electron chi connectivity index (χ3n) is 4.59. The second kappa shape index (κ2) is 9.09. The Labute approximate surface area is 165 Å². The van der Waals surface area contributed by atoms with Crippen LogP contribution in [0.15, 0.2) is 48.5 Å². The molecule has 2 aromatic carbocycles. The summed E-state index contributed by atoms with van der Waals surface area (Å²) < 4.78 is 0. The van der Waals surface area contributed by atoms with Gasteiger partial charge in [0.2, 0.25) is 11.8 Å². The largest absolute Gasteiger partial charge is 0.349 e. The summed E-state index contributed by atoms with van der Waals surface area (Å²) in [6.45, 7) is 4.05. The summed E-state index contributed by atoms with van der Waals surface area (Å²) in [5.41, 5.74) is 4.31. The highest BCUT2D eigenvalue weighted by Gasteiger charge is 2.29. The van der Waals surface area contributed by atoms with Crippen molar-refractivity contribution in [2.45, 2.75) is 38.5 Å². The number of carbonyl (C=O) groups is 2. The minimum absolute atomic E-state index is 0.0336. The predicted molar refractivity (Wildman–Crippen MR) is 112 cm³/mol. The lowest BCUT2D eigenvalue weighted by molar-refractivity contribution is -0.119. The first-order valence-corrected chi connectivity index (χ1v) is 10.5. The molecule has 1 unspecified atom stereocenters. The number of hydrogen-bond acceptors (Lipinski definition) is 3. The maximum atomic E-state index is 12.2. The molecule has 5 heteroatoms. The molecule has 1 fully saturated rings. The summed E-state index contributed by atoms with van der Waals surface area (Å²) in [7, 11) is 0. The molecule has 0 aliphatic heterocycles. The van der Waals surface area contributed by atoms with E-state index in [1.165, 1.54) is 11.1 Å².